The van der Waals surface area contributed by atoms with Gasteiger partial charge in [0.2, 0.25) is 0 Å². The van der Waals surface area contributed by atoms with Gasteiger partial charge in [0, 0.05) is 0 Å². The monoisotopic (exact) mass is 267 g/mol. The fourth-order valence-electron chi connectivity index (χ4n) is 1.91. The van der Waals surface area contributed by atoms with E-state index in [1.54, 1.807) is 6.92 Å². The van der Waals surface area contributed by atoms with E-state index in [1.165, 1.54) is 12.1 Å². The van der Waals surface area contributed by atoms with E-state index in [0.29, 0.717) is 0 Å². The van der Waals surface area contributed by atoms with Crippen molar-refractivity contribution in [1.82, 2.24) is 4.98 Å². The van der Waals surface area contributed by atoms with Crippen LogP contribution in [-0.2, 0) is 5.60 Å². The summed E-state index contributed by atoms with van der Waals surface area (Å²) < 4.78 is 39.0. The molecule has 5 heteroatoms. The number of benzene rings is 1. The first kappa shape index (κ1) is 13.5. The van der Waals surface area contributed by atoms with Gasteiger partial charge in [-0.15, -0.1) is 0 Å². The Hall–Kier alpha value is -1.88. The number of pyridine rings is 1. The number of aliphatic hydroxyl groups is 1. The van der Waals surface area contributed by atoms with Gasteiger partial charge in [-0.05, 0) is 36.2 Å². The minimum atomic E-state index is -1.58. The maximum Gasteiger partial charge on any atom is 0.159 e. The molecule has 2 aromatic rings. The summed E-state index contributed by atoms with van der Waals surface area (Å²) in [5.74, 6) is -2.58. The van der Waals surface area contributed by atoms with E-state index in [2.05, 4.69) is 4.98 Å². The molecule has 19 heavy (non-hydrogen) atoms. The molecule has 1 aromatic heterocycles. The van der Waals surface area contributed by atoms with Crippen LogP contribution in [0.15, 0.2) is 36.5 Å². The molecule has 0 aliphatic carbocycles. The Morgan fingerprint density at radius 3 is 2.37 bits per heavy atom. The molecule has 0 amide bonds. The highest BCUT2D eigenvalue weighted by Gasteiger charge is 2.31. The summed E-state index contributed by atoms with van der Waals surface area (Å²) in [7, 11) is 0. The first-order valence-corrected chi connectivity index (χ1v) is 5.77. The van der Waals surface area contributed by atoms with E-state index in [4.69, 9.17) is 0 Å². The molecule has 0 fully saturated rings. The lowest BCUT2D eigenvalue weighted by Crippen LogP contribution is -2.27. The van der Waals surface area contributed by atoms with Crippen LogP contribution in [0, 0.1) is 17.5 Å². The van der Waals surface area contributed by atoms with Crippen molar-refractivity contribution in [2.75, 3.05) is 0 Å². The zero-order chi connectivity index (χ0) is 14.0. The summed E-state index contributed by atoms with van der Waals surface area (Å²) >= 11 is 0. The molecule has 1 aromatic carbocycles. The fraction of sp³-hybridized carbons (Fsp3) is 0.214. The predicted octanol–water partition coefficient (Wildman–Crippen LogP) is 3.14. The third-order valence-corrected chi connectivity index (χ3v) is 3.06. The lowest BCUT2D eigenvalue weighted by atomic mass is 9.87. The Morgan fingerprint density at radius 2 is 1.84 bits per heavy atom. The number of nitrogens with zero attached hydrogens (tertiary/aromatic N) is 1. The predicted molar refractivity (Wildman–Crippen MR) is 63.8 cm³/mol. The van der Waals surface area contributed by atoms with Crippen molar-refractivity contribution in [3.8, 4) is 0 Å². The van der Waals surface area contributed by atoms with Gasteiger partial charge in [-0.1, -0.05) is 13.0 Å². The van der Waals surface area contributed by atoms with Crippen LogP contribution in [0.5, 0.6) is 0 Å². The molecular weight excluding hydrogens is 255 g/mol. The second kappa shape index (κ2) is 5.01. The van der Waals surface area contributed by atoms with Crippen molar-refractivity contribution in [3.63, 3.8) is 0 Å². The number of aromatic nitrogens is 1. The van der Waals surface area contributed by atoms with Crippen LogP contribution in [0.4, 0.5) is 13.2 Å². The van der Waals surface area contributed by atoms with E-state index < -0.39 is 23.1 Å². The third kappa shape index (κ3) is 2.46. The molecule has 1 unspecified atom stereocenters. The van der Waals surface area contributed by atoms with Gasteiger partial charge >= 0.3 is 0 Å². The number of hydrogen-bond acceptors (Lipinski definition) is 2. The Bertz CT molecular complexity index is 586. The van der Waals surface area contributed by atoms with Gasteiger partial charge in [0.15, 0.2) is 11.6 Å². The van der Waals surface area contributed by atoms with Gasteiger partial charge in [0.05, 0.1) is 11.9 Å². The molecule has 0 spiro atoms. The summed E-state index contributed by atoms with van der Waals surface area (Å²) in [6.07, 6.45) is 1.16. The Balaban J connectivity index is 2.52. The molecule has 0 bridgehead atoms. The van der Waals surface area contributed by atoms with E-state index >= 15 is 0 Å². The summed E-state index contributed by atoms with van der Waals surface area (Å²) in [6.45, 7) is 1.67. The molecular formula is C14H12F3NO. The summed E-state index contributed by atoms with van der Waals surface area (Å²) in [4.78, 5) is 3.81. The van der Waals surface area contributed by atoms with E-state index in [0.717, 1.165) is 24.4 Å². The van der Waals surface area contributed by atoms with Crippen molar-refractivity contribution in [1.29, 1.82) is 0 Å². The Kier molecular flexibility index (Phi) is 3.57. The van der Waals surface area contributed by atoms with Crippen LogP contribution < -0.4 is 0 Å². The molecule has 2 nitrogen and oxygen atoms in total. The molecule has 100 valence electrons. The minimum absolute atomic E-state index is 0.174. The van der Waals surface area contributed by atoms with Crippen molar-refractivity contribution < 1.29 is 18.3 Å². The highest BCUT2D eigenvalue weighted by molar-refractivity contribution is 5.32. The molecule has 0 saturated heterocycles. The van der Waals surface area contributed by atoms with Gasteiger partial charge in [0.1, 0.15) is 11.4 Å². The minimum Gasteiger partial charge on any atom is -0.379 e. The van der Waals surface area contributed by atoms with Gasteiger partial charge in [0.25, 0.3) is 0 Å². The number of halogens is 3. The second-order valence-corrected chi connectivity index (χ2v) is 4.20. The topological polar surface area (TPSA) is 33.1 Å². The maximum atomic E-state index is 13.3. The van der Waals surface area contributed by atoms with Crippen molar-refractivity contribution in [2.45, 2.75) is 18.9 Å². The van der Waals surface area contributed by atoms with Crippen molar-refractivity contribution >= 4 is 0 Å². The zero-order valence-electron chi connectivity index (χ0n) is 10.2. The van der Waals surface area contributed by atoms with Crippen LogP contribution in [0.3, 0.4) is 0 Å². The largest absolute Gasteiger partial charge is 0.379 e. The van der Waals surface area contributed by atoms with Gasteiger partial charge in [-0.25, -0.2) is 13.2 Å². The van der Waals surface area contributed by atoms with E-state index in [-0.39, 0.29) is 17.7 Å². The first-order valence-electron chi connectivity index (χ1n) is 5.77. The first-order chi connectivity index (χ1) is 8.97. The van der Waals surface area contributed by atoms with Gasteiger partial charge in [-0.3, -0.25) is 4.98 Å². The standard InChI is InChI=1S/C14H12F3NO/c1-2-14(19,13-6-4-10(15)8-18-13)9-3-5-11(16)12(17)7-9/h3-8,19H,2H2,1H3. The molecule has 0 aliphatic rings. The normalized spacial score (nSPS) is 14.2. The maximum absolute atomic E-state index is 13.3. The summed E-state index contributed by atoms with van der Waals surface area (Å²) in [5.41, 5.74) is -1.22. The van der Waals surface area contributed by atoms with E-state index in [1.807, 2.05) is 0 Å². The van der Waals surface area contributed by atoms with Crippen LogP contribution in [0.25, 0.3) is 0 Å². The summed E-state index contributed by atoms with van der Waals surface area (Å²) in [5, 5.41) is 10.6. The van der Waals surface area contributed by atoms with Gasteiger partial charge in [-0.2, -0.15) is 0 Å². The lowest BCUT2D eigenvalue weighted by Gasteiger charge is -2.26. The SMILES string of the molecule is CCC(O)(c1ccc(F)c(F)c1)c1ccc(F)cn1. The van der Waals surface area contributed by atoms with Crippen molar-refractivity contribution in [2.24, 2.45) is 0 Å². The van der Waals surface area contributed by atoms with Crippen LogP contribution in [-0.4, -0.2) is 10.1 Å². The summed E-state index contributed by atoms with van der Waals surface area (Å²) in [6, 6.07) is 5.62. The highest BCUT2D eigenvalue weighted by Crippen LogP contribution is 2.32. The molecule has 1 N–H and O–H groups in total. The van der Waals surface area contributed by atoms with Gasteiger partial charge < -0.3 is 5.11 Å². The van der Waals surface area contributed by atoms with E-state index in [9.17, 15) is 18.3 Å². The highest BCUT2D eigenvalue weighted by atomic mass is 19.2. The molecule has 0 saturated carbocycles. The van der Waals surface area contributed by atoms with Crippen molar-refractivity contribution in [3.05, 3.63) is 65.2 Å². The molecule has 1 atom stereocenters. The third-order valence-electron chi connectivity index (χ3n) is 3.06. The lowest BCUT2D eigenvalue weighted by molar-refractivity contribution is 0.0713. The number of hydrogen-bond donors (Lipinski definition) is 1. The smallest absolute Gasteiger partial charge is 0.159 e. The van der Waals surface area contributed by atoms with Crippen LogP contribution in [0.1, 0.15) is 24.6 Å². The average molecular weight is 267 g/mol. The van der Waals surface area contributed by atoms with Crippen LogP contribution in [0.2, 0.25) is 0 Å². The molecule has 2 rings (SSSR count). The average Bonchev–Trinajstić information content (AvgIpc) is 2.42. The molecule has 1 heterocycles. The zero-order valence-corrected chi connectivity index (χ0v) is 10.2. The Labute approximate surface area is 108 Å². The quantitative estimate of drug-likeness (QED) is 0.926. The fourth-order valence-corrected chi connectivity index (χ4v) is 1.91. The molecule has 0 aliphatic heterocycles. The van der Waals surface area contributed by atoms with Crippen LogP contribution >= 0.6 is 0 Å². The molecule has 0 radical (unpaired) electrons. The Morgan fingerprint density at radius 1 is 1.11 bits per heavy atom. The second-order valence-electron chi connectivity index (χ2n) is 4.20. The number of rotatable bonds is 3.